The van der Waals surface area contributed by atoms with Gasteiger partial charge in [0.1, 0.15) is 12.4 Å². The maximum Gasteiger partial charge on any atom is 0.338 e. The third kappa shape index (κ3) is 6.61. The van der Waals surface area contributed by atoms with Gasteiger partial charge in [0.15, 0.2) is 0 Å². The molecule has 4 rings (SSSR count). The number of nitrogens with zero attached hydrogens (tertiary/aromatic N) is 1. The molecular formula is C28H30N2O5. The smallest absolute Gasteiger partial charge is 0.338 e. The van der Waals surface area contributed by atoms with Crippen LogP contribution in [0.2, 0.25) is 0 Å². The highest BCUT2D eigenvalue weighted by Crippen LogP contribution is 2.25. The van der Waals surface area contributed by atoms with Gasteiger partial charge in [-0.05, 0) is 55.3 Å². The molecule has 0 aliphatic carbocycles. The monoisotopic (exact) mass is 474 g/mol. The second kappa shape index (κ2) is 11.5. The molecule has 0 unspecified atom stereocenters. The number of fused-ring (bicyclic) bond motifs is 1. The predicted octanol–water partition coefficient (Wildman–Crippen LogP) is 5.32. The minimum Gasteiger partial charge on any atom is -0.491 e. The van der Waals surface area contributed by atoms with Gasteiger partial charge in [-0.25, -0.2) is 9.59 Å². The van der Waals surface area contributed by atoms with Crippen LogP contribution >= 0.6 is 0 Å². The molecule has 3 aromatic carbocycles. The number of anilines is 1. The summed E-state index contributed by atoms with van der Waals surface area (Å²) in [7, 11) is 0. The zero-order chi connectivity index (χ0) is 24.6. The molecule has 0 aromatic heterocycles. The SMILES string of the molecule is CCOC(=O)c1cccc(NC(=O)N2CCOc3ccc(COCc4ccc(C)cc4)cc3C2)c1. The van der Waals surface area contributed by atoms with Crippen LogP contribution in [0.15, 0.2) is 66.7 Å². The van der Waals surface area contributed by atoms with Crippen molar-refractivity contribution in [3.8, 4) is 5.75 Å². The van der Waals surface area contributed by atoms with Crippen LogP contribution in [0, 0.1) is 6.92 Å². The summed E-state index contributed by atoms with van der Waals surface area (Å²) in [6.07, 6.45) is 0. The molecule has 3 aromatic rings. The molecule has 182 valence electrons. The van der Waals surface area contributed by atoms with Gasteiger partial charge in [-0.2, -0.15) is 0 Å². The number of carbonyl (C=O) groups is 2. The van der Waals surface area contributed by atoms with Crippen molar-refractivity contribution in [1.29, 1.82) is 0 Å². The minimum absolute atomic E-state index is 0.261. The zero-order valence-corrected chi connectivity index (χ0v) is 20.1. The molecule has 7 heteroatoms. The van der Waals surface area contributed by atoms with Crippen molar-refractivity contribution in [2.75, 3.05) is 25.1 Å². The Morgan fingerprint density at radius 2 is 1.77 bits per heavy atom. The normalized spacial score (nSPS) is 12.8. The molecule has 0 bridgehead atoms. The van der Waals surface area contributed by atoms with Gasteiger partial charge >= 0.3 is 12.0 Å². The van der Waals surface area contributed by atoms with E-state index < -0.39 is 5.97 Å². The van der Waals surface area contributed by atoms with E-state index in [4.69, 9.17) is 14.2 Å². The van der Waals surface area contributed by atoms with Crippen molar-refractivity contribution in [2.24, 2.45) is 0 Å². The van der Waals surface area contributed by atoms with Crippen molar-refractivity contribution < 1.29 is 23.8 Å². The van der Waals surface area contributed by atoms with Gasteiger partial charge in [0, 0.05) is 11.3 Å². The van der Waals surface area contributed by atoms with Gasteiger partial charge in [0.25, 0.3) is 0 Å². The number of ether oxygens (including phenoxy) is 3. The fraction of sp³-hybridized carbons (Fsp3) is 0.286. The number of rotatable bonds is 7. The summed E-state index contributed by atoms with van der Waals surface area (Å²) in [5.41, 5.74) is 5.22. The van der Waals surface area contributed by atoms with Crippen molar-refractivity contribution >= 4 is 17.7 Å². The maximum atomic E-state index is 13.0. The average molecular weight is 475 g/mol. The number of aryl methyl sites for hydroxylation is 1. The molecule has 0 saturated carbocycles. The van der Waals surface area contributed by atoms with Crippen molar-refractivity contribution in [3.05, 3.63) is 94.5 Å². The molecule has 35 heavy (non-hydrogen) atoms. The van der Waals surface area contributed by atoms with Crippen molar-refractivity contribution in [3.63, 3.8) is 0 Å². The Kier molecular flexibility index (Phi) is 8.00. The van der Waals surface area contributed by atoms with E-state index in [0.29, 0.717) is 50.8 Å². The Labute approximate surface area is 205 Å². The van der Waals surface area contributed by atoms with Crippen LogP contribution < -0.4 is 10.1 Å². The van der Waals surface area contributed by atoms with Crippen molar-refractivity contribution in [2.45, 2.75) is 33.6 Å². The van der Waals surface area contributed by atoms with E-state index in [0.717, 1.165) is 22.4 Å². The van der Waals surface area contributed by atoms with Crippen LogP contribution in [0.25, 0.3) is 0 Å². The first kappa shape index (κ1) is 24.3. The average Bonchev–Trinajstić information content (AvgIpc) is 3.08. The molecule has 0 saturated heterocycles. The molecule has 7 nitrogen and oxygen atoms in total. The molecule has 1 aliphatic rings. The summed E-state index contributed by atoms with van der Waals surface area (Å²) >= 11 is 0. The standard InChI is InChI=1S/C28H30N2O5/c1-3-34-27(31)23-5-4-6-25(16-23)29-28(32)30-13-14-35-26-12-11-22(15-24(26)17-30)19-33-18-21-9-7-20(2)8-10-21/h4-12,15-16H,3,13-14,17-19H2,1-2H3,(H,29,32). The van der Waals surface area contributed by atoms with Crippen LogP contribution in [0.4, 0.5) is 10.5 Å². The molecular weight excluding hydrogens is 444 g/mol. The lowest BCUT2D eigenvalue weighted by atomic mass is 10.1. The number of esters is 1. The second-order valence-corrected chi connectivity index (χ2v) is 8.42. The first-order chi connectivity index (χ1) is 17.0. The van der Waals surface area contributed by atoms with Gasteiger partial charge in [-0.1, -0.05) is 42.0 Å². The van der Waals surface area contributed by atoms with Gasteiger partial charge in [0.05, 0.1) is 38.5 Å². The summed E-state index contributed by atoms with van der Waals surface area (Å²) in [5.74, 6) is 0.352. The predicted molar refractivity (Wildman–Crippen MR) is 133 cm³/mol. The molecule has 2 amide bonds. The van der Waals surface area contributed by atoms with Gasteiger partial charge < -0.3 is 24.4 Å². The molecule has 0 radical (unpaired) electrons. The molecule has 0 spiro atoms. The van der Waals surface area contributed by atoms with Gasteiger partial charge in [-0.15, -0.1) is 0 Å². The van der Waals surface area contributed by atoms with Crippen molar-refractivity contribution in [1.82, 2.24) is 4.90 Å². The Balaban J connectivity index is 1.38. The summed E-state index contributed by atoms with van der Waals surface area (Å²) < 4.78 is 16.8. The Morgan fingerprint density at radius 1 is 1.00 bits per heavy atom. The highest BCUT2D eigenvalue weighted by Gasteiger charge is 2.21. The Bertz CT molecular complexity index is 1180. The molecule has 1 aliphatic heterocycles. The van der Waals surface area contributed by atoms with E-state index in [9.17, 15) is 9.59 Å². The lowest BCUT2D eigenvalue weighted by Gasteiger charge is -2.21. The van der Waals surface area contributed by atoms with Gasteiger partial charge in [0.2, 0.25) is 0 Å². The Morgan fingerprint density at radius 3 is 2.57 bits per heavy atom. The molecule has 0 fully saturated rings. The Hall–Kier alpha value is -3.84. The largest absolute Gasteiger partial charge is 0.491 e. The number of hydrogen-bond donors (Lipinski definition) is 1. The highest BCUT2D eigenvalue weighted by molar-refractivity contribution is 5.94. The van der Waals surface area contributed by atoms with Crippen LogP contribution in [0.3, 0.4) is 0 Å². The van der Waals surface area contributed by atoms with E-state index in [1.807, 2.05) is 18.2 Å². The minimum atomic E-state index is -0.419. The zero-order valence-electron chi connectivity index (χ0n) is 20.1. The third-order valence-corrected chi connectivity index (χ3v) is 5.68. The first-order valence-corrected chi connectivity index (χ1v) is 11.7. The summed E-state index contributed by atoms with van der Waals surface area (Å²) in [5, 5.41) is 2.88. The van der Waals surface area contributed by atoms with E-state index >= 15 is 0 Å². The van der Waals surface area contributed by atoms with Crippen LogP contribution in [-0.2, 0) is 29.2 Å². The first-order valence-electron chi connectivity index (χ1n) is 11.7. The van der Waals surface area contributed by atoms with Gasteiger partial charge in [-0.3, -0.25) is 0 Å². The number of benzene rings is 3. The highest BCUT2D eigenvalue weighted by atomic mass is 16.5. The number of urea groups is 1. The fourth-order valence-corrected chi connectivity index (χ4v) is 3.82. The molecule has 1 N–H and O–H groups in total. The summed E-state index contributed by atoms with van der Waals surface area (Å²) in [4.78, 5) is 26.7. The summed E-state index contributed by atoms with van der Waals surface area (Å²) in [6, 6.07) is 20.7. The van der Waals surface area contributed by atoms with Crippen LogP contribution in [0.1, 0.15) is 39.5 Å². The number of hydrogen-bond acceptors (Lipinski definition) is 5. The lowest BCUT2D eigenvalue weighted by Crippen LogP contribution is -2.36. The summed E-state index contributed by atoms with van der Waals surface area (Å²) in [6.45, 7) is 6.36. The number of nitrogens with one attached hydrogen (secondary N) is 1. The van der Waals surface area contributed by atoms with Crippen LogP contribution in [0.5, 0.6) is 5.75 Å². The van der Waals surface area contributed by atoms with E-state index in [1.165, 1.54) is 5.56 Å². The topological polar surface area (TPSA) is 77.1 Å². The second-order valence-electron chi connectivity index (χ2n) is 8.42. The quantitative estimate of drug-likeness (QED) is 0.469. The van der Waals surface area contributed by atoms with Crippen LogP contribution in [-0.4, -0.2) is 36.7 Å². The van der Waals surface area contributed by atoms with E-state index in [1.54, 1.807) is 36.1 Å². The third-order valence-electron chi connectivity index (χ3n) is 5.68. The van der Waals surface area contributed by atoms with E-state index in [-0.39, 0.29) is 6.03 Å². The lowest BCUT2D eigenvalue weighted by molar-refractivity contribution is 0.0526. The fourth-order valence-electron chi connectivity index (χ4n) is 3.82. The number of amides is 2. The molecule has 1 heterocycles. The number of carbonyl (C=O) groups excluding carboxylic acids is 2. The molecule has 0 atom stereocenters. The maximum absolute atomic E-state index is 13.0. The van der Waals surface area contributed by atoms with E-state index in [2.05, 4.69) is 36.5 Å².